The van der Waals surface area contributed by atoms with Crippen LogP contribution in [0.1, 0.15) is 22.3 Å². The van der Waals surface area contributed by atoms with Crippen LogP contribution in [-0.2, 0) is 11.0 Å². The summed E-state index contributed by atoms with van der Waals surface area (Å²) in [5.74, 6) is -1.07. The molecule has 0 bridgehead atoms. The van der Waals surface area contributed by atoms with Crippen molar-refractivity contribution in [3.05, 3.63) is 69.8 Å². The van der Waals surface area contributed by atoms with Crippen molar-refractivity contribution in [2.24, 2.45) is 0 Å². The first-order valence-electron chi connectivity index (χ1n) is 9.88. The van der Waals surface area contributed by atoms with Crippen LogP contribution in [0.15, 0.2) is 48.5 Å². The summed E-state index contributed by atoms with van der Waals surface area (Å²) in [6.07, 6.45) is -4.54. The van der Waals surface area contributed by atoms with Crippen LogP contribution >= 0.6 is 0 Å². The zero-order valence-electron chi connectivity index (χ0n) is 17.0. The van der Waals surface area contributed by atoms with Gasteiger partial charge in [0.1, 0.15) is 5.69 Å². The number of benzene rings is 2. The summed E-state index contributed by atoms with van der Waals surface area (Å²) in [7, 11) is 0. The number of nitrogens with one attached hydrogen (secondary N) is 1. The van der Waals surface area contributed by atoms with Gasteiger partial charge in [0.05, 0.1) is 16.1 Å². The van der Waals surface area contributed by atoms with E-state index in [4.69, 9.17) is 0 Å². The molecule has 0 spiro atoms. The molecule has 1 N–H and O–H groups in total. The number of nitro groups is 1. The predicted octanol–water partition coefficient (Wildman–Crippen LogP) is 3.40. The van der Waals surface area contributed by atoms with Gasteiger partial charge in [-0.05, 0) is 18.2 Å². The molecule has 0 unspecified atom stereocenters. The number of hydrogen-bond donors (Lipinski definition) is 1. The molecule has 1 heterocycles. The van der Waals surface area contributed by atoms with E-state index >= 15 is 0 Å². The fourth-order valence-electron chi connectivity index (χ4n) is 3.47. The molecule has 1 aliphatic heterocycles. The molecular formula is C21H21F3N4O4. The first-order valence-corrected chi connectivity index (χ1v) is 9.88. The molecule has 32 heavy (non-hydrogen) atoms. The van der Waals surface area contributed by atoms with E-state index in [-0.39, 0.29) is 36.4 Å². The zero-order chi connectivity index (χ0) is 23.3. The number of amides is 2. The number of rotatable bonds is 6. The molecule has 11 heteroatoms. The second-order valence-electron chi connectivity index (χ2n) is 7.25. The Morgan fingerprint density at radius 1 is 1.00 bits per heavy atom. The van der Waals surface area contributed by atoms with Crippen LogP contribution in [-0.4, -0.2) is 59.3 Å². The summed E-state index contributed by atoms with van der Waals surface area (Å²) in [5, 5.41) is 13.5. The Labute approximate surface area is 181 Å². The van der Waals surface area contributed by atoms with Gasteiger partial charge in [-0.1, -0.05) is 24.3 Å². The van der Waals surface area contributed by atoms with Crippen LogP contribution in [0.4, 0.5) is 24.5 Å². The fourth-order valence-corrected chi connectivity index (χ4v) is 3.47. The van der Waals surface area contributed by atoms with Gasteiger partial charge < -0.3 is 10.2 Å². The average molecular weight is 450 g/mol. The number of para-hydroxylation sites is 2. The Balaban J connectivity index is 1.51. The quantitative estimate of drug-likeness (QED) is 0.538. The lowest BCUT2D eigenvalue weighted by Crippen LogP contribution is -2.49. The summed E-state index contributed by atoms with van der Waals surface area (Å²) < 4.78 is 39.6. The minimum Gasteiger partial charge on any atom is -0.336 e. The minimum absolute atomic E-state index is 0.0803. The lowest BCUT2D eigenvalue weighted by Gasteiger charge is -2.35. The lowest BCUT2D eigenvalue weighted by atomic mass is 10.1. The molecule has 0 saturated carbocycles. The van der Waals surface area contributed by atoms with Gasteiger partial charge in [-0.25, -0.2) is 0 Å². The van der Waals surface area contributed by atoms with Crippen molar-refractivity contribution in [2.75, 3.05) is 38.0 Å². The summed E-state index contributed by atoms with van der Waals surface area (Å²) in [5.41, 5.74) is -1.43. The Bertz CT molecular complexity index is 1000. The summed E-state index contributed by atoms with van der Waals surface area (Å²) in [6.45, 7) is 1.62. The lowest BCUT2D eigenvalue weighted by molar-refractivity contribution is -0.383. The van der Waals surface area contributed by atoms with E-state index in [1.807, 2.05) is 4.90 Å². The molecule has 2 aromatic carbocycles. The number of carbonyl (C=O) groups excluding carboxylic acids is 2. The molecule has 2 amide bonds. The molecule has 0 atom stereocenters. The number of anilines is 1. The summed E-state index contributed by atoms with van der Waals surface area (Å²) in [6, 6.07) is 10.5. The first kappa shape index (κ1) is 23.2. The zero-order valence-corrected chi connectivity index (χ0v) is 17.0. The largest absolute Gasteiger partial charge is 0.417 e. The number of piperazine rings is 1. The van der Waals surface area contributed by atoms with Crippen LogP contribution in [0.5, 0.6) is 0 Å². The van der Waals surface area contributed by atoms with Gasteiger partial charge in [-0.3, -0.25) is 24.6 Å². The van der Waals surface area contributed by atoms with Crippen LogP contribution in [0.2, 0.25) is 0 Å². The van der Waals surface area contributed by atoms with Crippen LogP contribution in [0.25, 0.3) is 0 Å². The van der Waals surface area contributed by atoms with Gasteiger partial charge in [-0.15, -0.1) is 0 Å². The maximum atomic E-state index is 13.2. The van der Waals surface area contributed by atoms with Gasteiger partial charge in [0, 0.05) is 45.2 Å². The number of hydrogen-bond acceptors (Lipinski definition) is 5. The highest BCUT2D eigenvalue weighted by molar-refractivity contribution is 5.96. The van der Waals surface area contributed by atoms with Crippen LogP contribution in [0.3, 0.4) is 0 Å². The Morgan fingerprint density at radius 3 is 2.28 bits per heavy atom. The van der Waals surface area contributed by atoms with Crippen molar-refractivity contribution in [1.82, 2.24) is 9.80 Å². The molecule has 8 nitrogen and oxygen atoms in total. The second-order valence-corrected chi connectivity index (χ2v) is 7.25. The van der Waals surface area contributed by atoms with E-state index in [0.717, 1.165) is 6.07 Å². The summed E-state index contributed by atoms with van der Waals surface area (Å²) >= 11 is 0. The van der Waals surface area contributed by atoms with Crippen molar-refractivity contribution in [3.8, 4) is 0 Å². The molecular weight excluding hydrogens is 429 g/mol. The summed E-state index contributed by atoms with van der Waals surface area (Å²) in [4.78, 5) is 38.5. The van der Waals surface area contributed by atoms with E-state index < -0.39 is 28.5 Å². The van der Waals surface area contributed by atoms with Crippen molar-refractivity contribution in [1.29, 1.82) is 0 Å². The van der Waals surface area contributed by atoms with Crippen LogP contribution in [0, 0.1) is 10.1 Å². The molecule has 0 aromatic heterocycles. The van der Waals surface area contributed by atoms with E-state index in [0.29, 0.717) is 19.6 Å². The third-order valence-corrected chi connectivity index (χ3v) is 5.15. The van der Waals surface area contributed by atoms with Crippen molar-refractivity contribution < 1.29 is 27.7 Å². The van der Waals surface area contributed by atoms with E-state index in [9.17, 15) is 32.9 Å². The minimum atomic E-state index is -4.62. The van der Waals surface area contributed by atoms with Crippen molar-refractivity contribution in [2.45, 2.75) is 12.6 Å². The SMILES string of the molecule is O=C(CCN1CCN(C(=O)c2ccccc2C(F)(F)F)CC1)Nc1ccccc1[N+](=O)[O-]. The predicted molar refractivity (Wildman–Crippen MR) is 110 cm³/mol. The number of nitrogens with zero attached hydrogens (tertiary/aromatic N) is 3. The van der Waals surface area contributed by atoms with Gasteiger partial charge in [0.25, 0.3) is 11.6 Å². The highest BCUT2D eigenvalue weighted by Crippen LogP contribution is 2.32. The monoisotopic (exact) mass is 450 g/mol. The molecule has 1 saturated heterocycles. The second kappa shape index (κ2) is 9.77. The molecule has 170 valence electrons. The maximum Gasteiger partial charge on any atom is 0.417 e. The average Bonchev–Trinajstić information content (AvgIpc) is 2.77. The highest BCUT2D eigenvalue weighted by atomic mass is 19.4. The standard InChI is InChI=1S/C21H21F3N4O4/c22-21(23,24)16-6-2-1-5-15(16)20(30)27-13-11-26(12-14-27)10-9-19(29)25-17-7-3-4-8-18(17)28(31)32/h1-8H,9-14H2,(H,25,29). The fraction of sp³-hybridized carbons (Fsp3) is 0.333. The number of nitro benzene ring substituents is 1. The van der Waals surface area contributed by atoms with Crippen molar-refractivity contribution >= 4 is 23.2 Å². The van der Waals surface area contributed by atoms with Gasteiger partial charge in [0.2, 0.25) is 5.91 Å². The smallest absolute Gasteiger partial charge is 0.336 e. The Morgan fingerprint density at radius 2 is 1.62 bits per heavy atom. The van der Waals surface area contributed by atoms with Crippen LogP contribution < -0.4 is 5.32 Å². The highest BCUT2D eigenvalue weighted by Gasteiger charge is 2.36. The van der Waals surface area contributed by atoms with Gasteiger partial charge >= 0.3 is 6.18 Å². The van der Waals surface area contributed by atoms with Gasteiger partial charge in [-0.2, -0.15) is 13.2 Å². The topological polar surface area (TPSA) is 95.8 Å². The Kier molecular flexibility index (Phi) is 7.08. The van der Waals surface area contributed by atoms with Gasteiger partial charge in [0.15, 0.2) is 0 Å². The maximum absolute atomic E-state index is 13.2. The van der Waals surface area contributed by atoms with Crippen molar-refractivity contribution in [3.63, 3.8) is 0 Å². The first-order chi connectivity index (χ1) is 15.2. The number of carbonyl (C=O) groups is 2. The number of halogens is 3. The third kappa shape index (κ3) is 5.61. The molecule has 1 fully saturated rings. The molecule has 1 aliphatic rings. The molecule has 3 rings (SSSR count). The van der Waals surface area contributed by atoms with E-state index in [2.05, 4.69) is 5.32 Å². The Hall–Kier alpha value is -3.47. The normalized spacial score (nSPS) is 14.8. The molecule has 0 aliphatic carbocycles. The number of alkyl halides is 3. The molecule has 2 aromatic rings. The van der Waals surface area contributed by atoms with E-state index in [1.165, 1.54) is 41.3 Å². The molecule has 0 radical (unpaired) electrons. The van der Waals surface area contributed by atoms with E-state index in [1.54, 1.807) is 6.07 Å². The third-order valence-electron chi connectivity index (χ3n) is 5.15.